The van der Waals surface area contributed by atoms with Gasteiger partial charge < -0.3 is 13.7 Å². The van der Waals surface area contributed by atoms with Gasteiger partial charge in [-0.2, -0.15) is 0 Å². The largest absolute Gasteiger partial charge is 0.405 e. The van der Waals surface area contributed by atoms with Crippen LogP contribution in [-0.2, 0) is 10.0 Å². The second-order valence-electron chi connectivity index (χ2n) is 8.39. The van der Waals surface area contributed by atoms with Crippen molar-refractivity contribution in [3.05, 3.63) is 35.9 Å². The summed E-state index contributed by atoms with van der Waals surface area (Å²) < 4.78 is 6.64. The summed E-state index contributed by atoms with van der Waals surface area (Å²) in [4.78, 5) is 2.49. The van der Waals surface area contributed by atoms with Gasteiger partial charge in [0.2, 0.25) is 0 Å². The molecule has 25 heavy (non-hydrogen) atoms. The fraction of sp³-hybridized carbons (Fsp3) is 0.700. The highest BCUT2D eigenvalue weighted by molar-refractivity contribution is 6.17. The standard InChI is InChI=1S/C20H35N2O2Si/c1-22(25-24-2)15-13-21(14-16-22)17-20(23,18-9-5-3-6-10-18)19-11-7-4-8-12-19/h3,5-6,9-10,19,23H,4,7-8,11-17,25H2,1-2H3/q+1. The van der Waals surface area contributed by atoms with E-state index in [0.29, 0.717) is 5.92 Å². The molecule has 1 aromatic rings. The van der Waals surface area contributed by atoms with Crippen molar-refractivity contribution in [3.8, 4) is 0 Å². The third-order valence-corrected chi connectivity index (χ3v) is 7.89. The third-order valence-electron chi connectivity index (χ3n) is 6.37. The molecule has 2 fully saturated rings. The third kappa shape index (κ3) is 4.52. The van der Waals surface area contributed by atoms with Crippen molar-refractivity contribution in [2.45, 2.75) is 37.7 Å². The topological polar surface area (TPSA) is 32.7 Å². The predicted molar refractivity (Wildman–Crippen MR) is 105 cm³/mol. The van der Waals surface area contributed by atoms with Gasteiger partial charge in [-0.05, 0) is 24.3 Å². The molecule has 1 atom stereocenters. The minimum Gasteiger partial charge on any atom is -0.384 e. The van der Waals surface area contributed by atoms with Crippen LogP contribution in [0.3, 0.4) is 0 Å². The Kier molecular flexibility index (Phi) is 6.33. The van der Waals surface area contributed by atoms with Gasteiger partial charge in [-0.3, -0.25) is 4.90 Å². The van der Waals surface area contributed by atoms with Crippen molar-refractivity contribution < 1.29 is 13.7 Å². The van der Waals surface area contributed by atoms with Gasteiger partial charge in [-0.1, -0.05) is 49.6 Å². The summed E-state index contributed by atoms with van der Waals surface area (Å²) in [6.45, 7) is 5.20. The Morgan fingerprint density at radius 3 is 2.40 bits per heavy atom. The van der Waals surface area contributed by atoms with Gasteiger partial charge in [0.1, 0.15) is 5.60 Å². The lowest BCUT2D eigenvalue weighted by molar-refractivity contribution is -0.813. The molecule has 1 saturated heterocycles. The van der Waals surface area contributed by atoms with E-state index < -0.39 is 15.5 Å². The molecule has 0 aromatic heterocycles. The number of likely N-dealkylation sites (N-methyl/N-ethyl adjacent to an activating group) is 1. The molecule has 1 aliphatic heterocycles. The van der Waals surface area contributed by atoms with Crippen LogP contribution < -0.4 is 0 Å². The van der Waals surface area contributed by atoms with E-state index in [-0.39, 0.29) is 0 Å². The highest BCUT2D eigenvalue weighted by Gasteiger charge is 2.41. The lowest BCUT2D eigenvalue weighted by atomic mass is 9.73. The van der Waals surface area contributed by atoms with Gasteiger partial charge in [0.25, 0.3) is 0 Å². The van der Waals surface area contributed by atoms with Crippen LogP contribution in [0.1, 0.15) is 37.7 Å². The number of β-amino-alcohol motifs (C(OH)–C–C–N with tert-alkyl or cyclic N) is 1. The van der Waals surface area contributed by atoms with E-state index in [1.54, 1.807) is 0 Å². The van der Waals surface area contributed by atoms with E-state index in [4.69, 9.17) is 4.43 Å². The maximum Gasteiger partial charge on any atom is 0.405 e. The number of rotatable bonds is 6. The Morgan fingerprint density at radius 1 is 1.16 bits per heavy atom. The average Bonchev–Trinajstić information content (AvgIpc) is 2.65. The second-order valence-corrected chi connectivity index (χ2v) is 10.7. The zero-order valence-corrected chi connectivity index (χ0v) is 17.4. The molecule has 0 radical (unpaired) electrons. The quantitative estimate of drug-likeness (QED) is 0.783. The lowest BCUT2D eigenvalue weighted by Gasteiger charge is -2.46. The fourth-order valence-corrected chi connectivity index (χ4v) is 5.86. The Hall–Kier alpha value is -0.723. The minimum absolute atomic E-state index is 0.389. The SMILES string of the molecule is CO[SiH2][N+]1(C)CCN(CC(O)(c2ccccc2)C2CCCCC2)CC1. The van der Waals surface area contributed by atoms with Crippen molar-refractivity contribution in [1.82, 2.24) is 4.90 Å². The number of aliphatic hydroxyl groups is 1. The number of piperazine rings is 1. The van der Waals surface area contributed by atoms with E-state index in [9.17, 15) is 5.11 Å². The molecule has 1 heterocycles. The molecule has 1 aromatic carbocycles. The van der Waals surface area contributed by atoms with E-state index >= 15 is 0 Å². The van der Waals surface area contributed by atoms with Crippen molar-refractivity contribution in [1.29, 1.82) is 0 Å². The number of hydrogen-bond donors (Lipinski definition) is 1. The summed E-state index contributed by atoms with van der Waals surface area (Å²) in [5.41, 5.74) is 0.400. The molecule has 0 spiro atoms. The van der Waals surface area contributed by atoms with Gasteiger partial charge in [0.15, 0.2) is 0 Å². The van der Waals surface area contributed by atoms with Crippen molar-refractivity contribution in [2.24, 2.45) is 5.92 Å². The molecule has 1 aliphatic carbocycles. The highest BCUT2D eigenvalue weighted by atomic mass is 28.2. The summed E-state index contributed by atoms with van der Waals surface area (Å²) >= 11 is 0. The zero-order chi connectivity index (χ0) is 17.8. The van der Waals surface area contributed by atoms with E-state index in [1.165, 1.54) is 19.3 Å². The zero-order valence-electron chi connectivity index (χ0n) is 16.0. The normalized spacial score (nSPS) is 25.2. The van der Waals surface area contributed by atoms with Crippen LogP contribution in [0.25, 0.3) is 0 Å². The first-order valence-electron chi connectivity index (χ1n) is 9.88. The number of nitrogens with zero attached hydrogens (tertiary/aromatic N) is 2. The Bertz CT molecular complexity index is 528. The van der Waals surface area contributed by atoms with Crippen LogP contribution in [0.2, 0.25) is 0 Å². The molecule has 1 unspecified atom stereocenters. The van der Waals surface area contributed by atoms with E-state index in [1.807, 2.05) is 13.2 Å². The molecule has 1 N–H and O–H groups in total. The van der Waals surface area contributed by atoms with Crippen molar-refractivity contribution >= 4 is 9.92 Å². The molecule has 0 bridgehead atoms. The average molecular weight is 364 g/mol. The first kappa shape index (κ1) is 19.0. The van der Waals surface area contributed by atoms with Gasteiger partial charge in [-0.25, -0.2) is 0 Å². The van der Waals surface area contributed by atoms with E-state index in [2.05, 4.69) is 36.2 Å². The monoisotopic (exact) mass is 363 g/mol. The second kappa shape index (κ2) is 8.31. The van der Waals surface area contributed by atoms with Gasteiger partial charge >= 0.3 is 9.92 Å². The fourth-order valence-electron chi connectivity index (χ4n) is 4.69. The summed E-state index contributed by atoms with van der Waals surface area (Å²) in [5, 5.41) is 11.8. The molecular weight excluding hydrogens is 328 g/mol. The highest BCUT2D eigenvalue weighted by Crippen LogP contribution is 2.40. The van der Waals surface area contributed by atoms with Crippen LogP contribution in [0, 0.1) is 5.92 Å². The summed E-state index contributed by atoms with van der Waals surface area (Å²) in [6, 6.07) is 10.4. The van der Waals surface area contributed by atoms with Crippen LogP contribution in [-0.4, -0.2) is 71.0 Å². The first-order valence-corrected chi connectivity index (χ1v) is 11.1. The summed E-state index contributed by atoms with van der Waals surface area (Å²) in [6.07, 6.45) is 6.15. The van der Waals surface area contributed by atoms with Crippen molar-refractivity contribution in [2.75, 3.05) is 46.9 Å². The number of hydrogen-bond acceptors (Lipinski definition) is 3. The molecular formula is C20H35N2O2Si+. The summed E-state index contributed by atoms with van der Waals surface area (Å²) in [5.74, 6) is 0.389. The lowest BCUT2D eigenvalue weighted by Crippen LogP contribution is -2.61. The van der Waals surface area contributed by atoms with Crippen LogP contribution >= 0.6 is 0 Å². The predicted octanol–water partition coefficient (Wildman–Crippen LogP) is 1.86. The Balaban J connectivity index is 1.73. The smallest absolute Gasteiger partial charge is 0.384 e. The number of quaternary nitrogens is 1. The first-order chi connectivity index (χ1) is 12.1. The summed E-state index contributed by atoms with van der Waals surface area (Å²) in [7, 11) is 3.67. The molecule has 4 nitrogen and oxygen atoms in total. The van der Waals surface area contributed by atoms with Crippen LogP contribution in [0.15, 0.2) is 30.3 Å². The van der Waals surface area contributed by atoms with Gasteiger partial charge in [0, 0.05) is 26.7 Å². The van der Waals surface area contributed by atoms with Crippen LogP contribution in [0.4, 0.5) is 0 Å². The molecule has 140 valence electrons. The molecule has 5 heteroatoms. The Morgan fingerprint density at radius 2 is 1.80 bits per heavy atom. The molecule has 1 saturated carbocycles. The van der Waals surface area contributed by atoms with Crippen molar-refractivity contribution in [3.63, 3.8) is 0 Å². The van der Waals surface area contributed by atoms with Crippen LogP contribution in [0.5, 0.6) is 0 Å². The minimum atomic E-state index is -0.707. The maximum absolute atomic E-state index is 11.8. The molecule has 2 aliphatic rings. The molecule has 0 amide bonds. The van der Waals surface area contributed by atoms with Gasteiger partial charge in [-0.15, -0.1) is 0 Å². The maximum atomic E-state index is 11.8. The molecule has 3 rings (SSSR count). The van der Waals surface area contributed by atoms with Gasteiger partial charge in [0.05, 0.1) is 20.1 Å². The number of benzene rings is 1. The Labute approximate surface area is 155 Å². The van der Waals surface area contributed by atoms with E-state index in [0.717, 1.165) is 55.3 Å².